The lowest BCUT2D eigenvalue weighted by atomic mass is 10.2. The Kier molecular flexibility index (Phi) is 3.42. The first-order valence-electron chi connectivity index (χ1n) is 6.30. The topological polar surface area (TPSA) is 96.4 Å². The fourth-order valence-corrected chi connectivity index (χ4v) is 4.53. The monoisotopic (exact) mass is 324 g/mol. The van der Waals surface area contributed by atoms with Crippen LogP contribution >= 0.6 is 11.3 Å². The van der Waals surface area contributed by atoms with Crippen molar-refractivity contribution in [1.29, 1.82) is 0 Å². The summed E-state index contributed by atoms with van der Waals surface area (Å²) >= 11 is 1.34. The third kappa shape index (κ3) is 2.77. The van der Waals surface area contributed by atoms with E-state index in [1.54, 1.807) is 0 Å². The van der Waals surface area contributed by atoms with Crippen molar-refractivity contribution in [1.82, 2.24) is 4.98 Å². The first-order valence-corrected chi connectivity index (χ1v) is 8.60. The first-order chi connectivity index (χ1) is 9.95. The number of aromatic carboxylic acids is 1. The molecule has 0 saturated carbocycles. The van der Waals surface area contributed by atoms with Gasteiger partial charge in [0, 0.05) is 4.88 Å². The highest BCUT2D eigenvalue weighted by molar-refractivity contribution is 7.93. The van der Waals surface area contributed by atoms with E-state index in [0.717, 1.165) is 35.9 Å². The molecule has 0 bridgehead atoms. The van der Waals surface area contributed by atoms with Crippen LogP contribution in [0.15, 0.2) is 29.2 Å². The minimum Gasteiger partial charge on any atom is -0.478 e. The van der Waals surface area contributed by atoms with Gasteiger partial charge < -0.3 is 5.11 Å². The summed E-state index contributed by atoms with van der Waals surface area (Å²) in [6.45, 7) is 0. The summed E-state index contributed by atoms with van der Waals surface area (Å²) in [6, 6.07) is 5.24. The second kappa shape index (κ2) is 5.12. The molecule has 0 saturated heterocycles. The van der Waals surface area contributed by atoms with Crippen LogP contribution in [0.5, 0.6) is 0 Å². The first kappa shape index (κ1) is 14.0. The van der Waals surface area contributed by atoms with Crippen LogP contribution in [0.2, 0.25) is 0 Å². The van der Waals surface area contributed by atoms with Crippen molar-refractivity contribution in [3.63, 3.8) is 0 Å². The summed E-state index contributed by atoms with van der Waals surface area (Å²) in [7, 11) is -3.82. The molecule has 0 amide bonds. The summed E-state index contributed by atoms with van der Waals surface area (Å²) in [4.78, 5) is 16.2. The predicted octanol–water partition coefficient (Wildman–Crippen LogP) is 2.13. The van der Waals surface area contributed by atoms with Gasteiger partial charge in [-0.2, -0.15) is 0 Å². The van der Waals surface area contributed by atoms with Gasteiger partial charge in [0.15, 0.2) is 5.13 Å². The summed E-state index contributed by atoms with van der Waals surface area (Å²) in [5, 5.41) is 9.25. The van der Waals surface area contributed by atoms with Gasteiger partial charge in [-0.1, -0.05) is 6.07 Å². The second-order valence-electron chi connectivity index (χ2n) is 4.68. The third-order valence-corrected chi connectivity index (χ3v) is 5.75. The zero-order valence-electron chi connectivity index (χ0n) is 10.9. The van der Waals surface area contributed by atoms with Crippen LogP contribution in [0.1, 0.15) is 27.3 Å². The van der Waals surface area contributed by atoms with Gasteiger partial charge in [0.2, 0.25) is 0 Å². The standard InChI is InChI=1S/C13H12N2O4S2/c16-12(17)8-3-1-4-9(7-8)21(18,19)15-13-14-10-5-2-6-11(10)20-13/h1,3-4,7H,2,5-6H2,(H,14,15)(H,16,17). The number of thiazole rings is 1. The molecule has 110 valence electrons. The molecule has 6 nitrogen and oxygen atoms in total. The van der Waals surface area contributed by atoms with E-state index in [4.69, 9.17) is 5.11 Å². The van der Waals surface area contributed by atoms with Crippen LogP contribution in [-0.4, -0.2) is 24.5 Å². The molecule has 0 fully saturated rings. The van der Waals surface area contributed by atoms with E-state index in [9.17, 15) is 13.2 Å². The molecule has 3 rings (SSSR count). The number of aryl methyl sites for hydroxylation is 2. The Morgan fingerprint density at radius 3 is 2.86 bits per heavy atom. The van der Waals surface area contributed by atoms with Gasteiger partial charge in [-0.3, -0.25) is 4.72 Å². The number of rotatable bonds is 4. The third-order valence-electron chi connectivity index (χ3n) is 3.21. The van der Waals surface area contributed by atoms with Crippen LogP contribution in [0.4, 0.5) is 5.13 Å². The highest BCUT2D eigenvalue weighted by atomic mass is 32.2. The number of benzene rings is 1. The maximum absolute atomic E-state index is 12.3. The van der Waals surface area contributed by atoms with E-state index in [1.807, 2.05) is 0 Å². The lowest BCUT2D eigenvalue weighted by molar-refractivity contribution is 0.0696. The summed E-state index contributed by atoms with van der Waals surface area (Å²) in [5.41, 5.74) is 0.886. The van der Waals surface area contributed by atoms with Gasteiger partial charge >= 0.3 is 5.97 Å². The number of anilines is 1. The van der Waals surface area contributed by atoms with Gasteiger partial charge in [-0.25, -0.2) is 18.2 Å². The Morgan fingerprint density at radius 2 is 2.14 bits per heavy atom. The minimum absolute atomic E-state index is 0.0699. The van der Waals surface area contributed by atoms with Gasteiger partial charge in [0.25, 0.3) is 10.0 Å². The number of nitrogens with zero attached hydrogens (tertiary/aromatic N) is 1. The summed E-state index contributed by atoms with van der Waals surface area (Å²) in [6.07, 6.45) is 2.87. The zero-order chi connectivity index (χ0) is 15.0. The minimum atomic E-state index is -3.82. The van der Waals surface area contributed by atoms with E-state index >= 15 is 0 Å². The Hall–Kier alpha value is -1.93. The number of carbonyl (C=O) groups is 1. The van der Waals surface area contributed by atoms with Crippen LogP contribution in [0.25, 0.3) is 0 Å². The normalized spacial score (nSPS) is 13.9. The quantitative estimate of drug-likeness (QED) is 0.898. The molecular formula is C13H12N2O4S2. The predicted molar refractivity (Wildman–Crippen MR) is 78.3 cm³/mol. The molecule has 8 heteroatoms. The number of sulfonamides is 1. The Bertz CT molecular complexity index is 790. The summed E-state index contributed by atoms with van der Waals surface area (Å²) in [5.74, 6) is -1.17. The molecule has 2 N–H and O–H groups in total. The van der Waals surface area contributed by atoms with Crippen molar-refractivity contribution in [2.24, 2.45) is 0 Å². The molecule has 1 aromatic carbocycles. The number of aromatic nitrogens is 1. The highest BCUT2D eigenvalue weighted by Gasteiger charge is 2.21. The number of nitrogens with one attached hydrogen (secondary N) is 1. The van der Waals surface area contributed by atoms with E-state index < -0.39 is 16.0 Å². The number of carboxylic acid groups (broad SMARTS) is 1. The summed E-state index contributed by atoms with van der Waals surface area (Å²) < 4.78 is 26.9. The van der Waals surface area contributed by atoms with E-state index in [2.05, 4.69) is 9.71 Å². The van der Waals surface area contributed by atoms with Gasteiger partial charge in [0.1, 0.15) is 0 Å². The van der Waals surface area contributed by atoms with E-state index in [1.165, 1.54) is 29.5 Å². The number of hydrogen-bond acceptors (Lipinski definition) is 5. The van der Waals surface area contributed by atoms with Crippen molar-refractivity contribution in [2.45, 2.75) is 24.2 Å². The molecule has 0 atom stereocenters. The lowest BCUT2D eigenvalue weighted by Crippen LogP contribution is -2.13. The van der Waals surface area contributed by atoms with Crippen molar-refractivity contribution < 1.29 is 18.3 Å². The van der Waals surface area contributed by atoms with E-state index in [0.29, 0.717) is 5.13 Å². The largest absolute Gasteiger partial charge is 0.478 e. The lowest BCUT2D eigenvalue weighted by Gasteiger charge is -2.06. The molecule has 1 aliphatic rings. The van der Waals surface area contributed by atoms with Crippen LogP contribution in [-0.2, 0) is 22.9 Å². The van der Waals surface area contributed by atoms with Crippen LogP contribution in [0, 0.1) is 0 Å². The van der Waals surface area contributed by atoms with Crippen molar-refractivity contribution >= 4 is 32.5 Å². The molecule has 21 heavy (non-hydrogen) atoms. The van der Waals surface area contributed by atoms with Crippen LogP contribution < -0.4 is 4.72 Å². The maximum Gasteiger partial charge on any atom is 0.335 e. The Labute approximate surface area is 125 Å². The molecule has 1 aromatic heterocycles. The average Bonchev–Trinajstić information content (AvgIpc) is 2.99. The van der Waals surface area contributed by atoms with Gasteiger partial charge in [0.05, 0.1) is 16.2 Å². The SMILES string of the molecule is O=C(O)c1cccc(S(=O)(=O)Nc2nc3c(s2)CCC3)c1. The van der Waals surface area contributed by atoms with Crippen molar-refractivity contribution in [2.75, 3.05) is 4.72 Å². The molecular weight excluding hydrogens is 312 g/mol. The highest BCUT2D eigenvalue weighted by Crippen LogP contribution is 2.31. The number of hydrogen-bond donors (Lipinski definition) is 2. The zero-order valence-corrected chi connectivity index (χ0v) is 12.5. The average molecular weight is 324 g/mol. The Morgan fingerprint density at radius 1 is 1.33 bits per heavy atom. The number of carboxylic acids is 1. The molecule has 2 aromatic rings. The molecule has 1 heterocycles. The molecule has 0 aliphatic heterocycles. The van der Waals surface area contributed by atoms with Crippen molar-refractivity contribution in [3.8, 4) is 0 Å². The maximum atomic E-state index is 12.3. The molecule has 0 radical (unpaired) electrons. The molecule has 1 aliphatic carbocycles. The smallest absolute Gasteiger partial charge is 0.335 e. The number of fused-ring (bicyclic) bond motifs is 1. The van der Waals surface area contributed by atoms with Gasteiger partial charge in [-0.15, -0.1) is 11.3 Å². The van der Waals surface area contributed by atoms with Crippen LogP contribution in [0.3, 0.4) is 0 Å². The molecule has 0 spiro atoms. The van der Waals surface area contributed by atoms with Gasteiger partial charge in [-0.05, 0) is 37.5 Å². The second-order valence-corrected chi connectivity index (χ2v) is 7.45. The fourth-order valence-electron chi connectivity index (χ4n) is 2.20. The molecule has 0 unspecified atom stereocenters. The Balaban J connectivity index is 1.89. The van der Waals surface area contributed by atoms with E-state index in [-0.39, 0.29) is 10.5 Å². The van der Waals surface area contributed by atoms with Crippen molar-refractivity contribution in [3.05, 3.63) is 40.4 Å². The fraction of sp³-hybridized carbons (Fsp3) is 0.231.